The number of rotatable bonds is 1. The van der Waals surface area contributed by atoms with Crippen LogP contribution in [0.5, 0.6) is 0 Å². The Kier molecular flexibility index (Phi) is 2.20. The number of nitrogens with zero attached hydrogens (tertiary/aromatic N) is 1. The zero-order chi connectivity index (χ0) is 10.4. The predicted octanol–water partition coefficient (Wildman–Crippen LogP) is 3.59. The van der Waals surface area contributed by atoms with Crippen LogP contribution in [0.15, 0.2) is 18.3 Å². The van der Waals surface area contributed by atoms with E-state index in [4.69, 9.17) is 11.6 Å². The lowest BCUT2D eigenvalue weighted by Crippen LogP contribution is -2.19. The molecule has 2 fully saturated rings. The Morgan fingerprint density at radius 3 is 2.73 bits per heavy atom. The predicted molar refractivity (Wildman–Crippen MR) is 57.7 cm³/mol. The topological polar surface area (TPSA) is 12.9 Å². The molecule has 0 saturated heterocycles. The highest BCUT2D eigenvalue weighted by Gasteiger charge is 2.46. The minimum absolute atomic E-state index is 0.234. The van der Waals surface area contributed by atoms with Crippen molar-refractivity contribution in [2.75, 3.05) is 0 Å². The van der Waals surface area contributed by atoms with Crippen molar-refractivity contribution >= 4 is 11.6 Å². The number of hydrogen-bond acceptors (Lipinski definition) is 1. The zero-order valence-corrected chi connectivity index (χ0v) is 9.12. The zero-order valence-electron chi connectivity index (χ0n) is 8.37. The van der Waals surface area contributed by atoms with Gasteiger partial charge in [-0.3, -0.25) is 0 Å². The molecule has 80 valence electrons. The third kappa shape index (κ3) is 1.55. The van der Waals surface area contributed by atoms with Gasteiger partial charge in [0.05, 0.1) is 0 Å². The molecule has 0 spiro atoms. The van der Waals surface area contributed by atoms with Gasteiger partial charge in [0.15, 0.2) is 0 Å². The Morgan fingerprint density at radius 2 is 2.13 bits per heavy atom. The second kappa shape index (κ2) is 3.44. The molecule has 1 aromatic rings. The highest BCUT2D eigenvalue weighted by Crippen LogP contribution is 2.53. The first-order chi connectivity index (χ1) is 7.24. The molecule has 3 heteroatoms. The van der Waals surface area contributed by atoms with Crippen molar-refractivity contribution < 1.29 is 4.39 Å². The third-order valence-corrected chi connectivity index (χ3v) is 4.13. The van der Waals surface area contributed by atoms with Gasteiger partial charge in [-0.25, -0.2) is 9.37 Å². The van der Waals surface area contributed by atoms with Gasteiger partial charge in [-0.05, 0) is 48.6 Å². The summed E-state index contributed by atoms with van der Waals surface area (Å²) in [6, 6.07) is 3.80. The summed E-state index contributed by atoms with van der Waals surface area (Å²) in [4.78, 5) is 4.08. The average molecular weight is 226 g/mol. The molecule has 0 aromatic carbocycles. The minimum atomic E-state index is -0.593. The van der Waals surface area contributed by atoms with Crippen molar-refractivity contribution in [3.63, 3.8) is 0 Å². The Labute approximate surface area is 93.7 Å². The molecule has 1 heterocycles. The Hall–Kier alpha value is -0.630. The van der Waals surface area contributed by atoms with Crippen molar-refractivity contribution in [2.24, 2.45) is 11.8 Å². The molecular weight excluding hydrogens is 213 g/mol. The summed E-state index contributed by atoms with van der Waals surface area (Å²) in [5.41, 5.74) is 1.16. The fraction of sp³-hybridized carbons (Fsp3) is 0.583. The average Bonchev–Trinajstić information content (AvgIpc) is 2.77. The number of hydrogen-bond donors (Lipinski definition) is 0. The van der Waals surface area contributed by atoms with Gasteiger partial charge >= 0.3 is 0 Å². The first-order valence-corrected chi connectivity index (χ1v) is 5.87. The lowest BCUT2D eigenvalue weighted by atomic mass is 9.83. The van der Waals surface area contributed by atoms with Crippen molar-refractivity contribution in [1.82, 2.24) is 4.98 Å². The van der Waals surface area contributed by atoms with Crippen LogP contribution < -0.4 is 0 Å². The second-order valence-corrected chi connectivity index (χ2v) is 5.16. The summed E-state index contributed by atoms with van der Waals surface area (Å²) in [6.45, 7) is 0. The van der Waals surface area contributed by atoms with Crippen molar-refractivity contribution in [2.45, 2.75) is 31.4 Å². The number of fused-ring (bicyclic) bond motifs is 2. The summed E-state index contributed by atoms with van der Waals surface area (Å²) in [6.07, 6.45) is 4.19. The maximum absolute atomic E-state index is 13.6. The number of aromatic nitrogens is 1. The molecule has 1 nitrogen and oxygen atoms in total. The smallest absolute Gasteiger partial charge is 0.129 e. The largest absolute Gasteiger partial charge is 0.247 e. The van der Waals surface area contributed by atoms with E-state index in [1.54, 1.807) is 12.3 Å². The van der Waals surface area contributed by atoms with Gasteiger partial charge in [0.25, 0.3) is 0 Å². The molecule has 4 atom stereocenters. The van der Waals surface area contributed by atoms with Crippen LogP contribution in [0.4, 0.5) is 4.39 Å². The van der Waals surface area contributed by atoms with E-state index in [1.165, 1.54) is 0 Å². The third-order valence-electron chi connectivity index (χ3n) is 3.91. The van der Waals surface area contributed by atoms with Crippen LogP contribution in [0.25, 0.3) is 0 Å². The summed E-state index contributed by atoms with van der Waals surface area (Å²) in [5.74, 6) is 1.21. The van der Waals surface area contributed by atoms with Gasteiger partial charge in [-0.2, -0.15) is 0 Å². The van der Waals surface area contributed by atoms with Crippen molar-refractivity contribution in [3.8, 4) is 0 Å². The first-order valence-electron chi connectivity index (χ1n) is 5.49. The normalized spacial score (nSPS) is 38.5. The van der Waals surface area contributed by atoms with E-state index in [0.717, 1.165) is 24.8 Å². The maximum atomic E-state index is 13.6. The van der Waals surface area contributed by atoms with Crippen LogP contribution in [0.2, 0.25) is 5.15 Å². The fourth-order valence-corrected chi connectivity index (χ4v) is 3.37. The highest BCUT2D eigenvalue weighted by atomic mass is 35.5. The highest BCUT2D eigenvalue weighted by molar-refractivity contribution is 6.29. The van der Waals surface area contributed by atoms with Gasteiger partial charge in [0.2, 0.25) is 0 Å². The lowest BCUT2D eigenvalue weighted by Gasteiger charge is -2.24. The van der Waals surface area contributed by atoms with Crippen molar-refractivity contribution in [3.05, 3.63) is 29.0 Å². The fourth-order valence-electron chi connectivity index (χ4n) is 3.25. The summed E-state index contributed by atoms with van der Waals surface area (Å²) < 4.78 is 13.6. The number of pyridine rings is 1. The van der Waals surface area contributed by atoms with E-state index in [-0.39, 0.29) is 5.92 Å². The van der Waals surface area contributed by atoms with Gasteiger partial charge < -0.3 is 0 Å². The van der Waals surface area contributed by atoms with Crippen LogP contribution >= 0.6 is 11.6 Å². The van der Waals surface area contributed by atoms with Gasteiger partial charge in [0.1, 0.15) is 11.3 Å². The molecule has 1 aromatic heterocycles. The van der Waals surface area contributed by atoms with E-state index in [9.17, 15) is 4.39 Å². The molecule has 0 aliphatic heterocycles. The molecule has 2 aliphatic carbocycles. The quantitative estimate of drug-likeness (QED) is 0.666. The SMILES string of the molecule is FC1CC2CC(c3ccc(Cl)nc3)C1C2. The summed E-state index contributed by atoms with van der Waals surface area (Å²) >= 11 is 5.74. The first kappa shape index (κ1) is 9.59. The van der Waals surface area contributed by atoms with E-state index in [0.29, 0.717) is 17.0 Å². The van der Waals surface area contributed by atoms with Gasteiger partial charge in [-0.15, -0.1) is 0 Å². The molecule has 0 N–H and O–H groups in total. The Morgan fingerprint density at radius 1 is 1.27 bits per heavy atom. The Bertz CT molecular complexity index is 364. The van der Waals surface area contributed by atoms with Crippen LogP contribution in [0.3, 0.4) is 0 Å². The summed E-state index contributed by atoms with van der Waals surface area (Å²) in [5, 5.41) is 0.513. The molecule has 2 bridgehead atoms. The Balaban J connectivity index is 1.86. The van der Waals surface area contributed by atoms with Gasteiger partial charge in [0, 0.05) is 6.20 Å². The molecule has 3 rings (SSSR count). The maximum Gasteiger partial charge on any atom is 0.129 e. The lowest BCUT2D eigenvalue weighted by molar-refractivity contribution is 0.209. The van der Waals surface area contributed by atoms with E-state index < -0.39 is 6.17 Å². The minimum Gasteiger partial charge on any atom is -0.247 e. The molecular formula is C12H13ClFN. The van der Waals surface area contributed by atoms with Crippen LogP contribution in [0, 0.1) is 11.8 Å². The molecule has 0 amide bonds. The van der Waals surface area contributed by atoms with Crippen molar-refractivity contribution in [1.29, 1.82) is 0 Å². The van der Waals surface area contributed by atoms with E-state index in [2.05, 4.69) is 4.98 Å². The second-order valence-electron chi connectivity index (χ2n) is 4.77. The summed E-state index contributed by atoms with van der Waals surface area (Å²) in [7, 11) is 0. The van der Waals surface area contributed by atoms with Crippen LogP contribution in [0.1, 0.15) is 30.7 Å². The molecule has 2 aliphatic rings. The van der Waals surface area contributed by atoms with Gasteiger partial charge in [-0.1, -0.05) is 17.7 Å². The molecule has 15 heavy (non-hydrogen) atoms. The number of alkyl halides is 1. The number of halogens is 2. The van der Waals surface area contributed by atoms with E-state index >= 15 is 0 Å². The monoisotopic (exact) mass is 225 g/mol. The molecule has 0 radical (unpaired) electrons. The molecule has 4 unspecified atom stereocenters. The molecule has 2 saturated carbocycles. The van der Waals surface area contributed by atoms with Crippen LogP contribution in [-0.2, 0) is 0 Å². The standard InChI is InChI=1S/C12H13ClFN/c13-12-2-1-8(6-15-12)9-3-7-4-10(9)11(14)5-7/h1-2,6-7,9-11H,3-5H2. The van der Waals surface area contributed by atoms with Crippen LogP contribution in [-0.4, -0.2) is 11.2 Å². The van der Waals surface area contributed by atoms with E-state index in [1.807, 2.05) is 6.07 Å².